The summed E-state index contributed by atoms with van der Waals surface area (Å²) in [5.74, 6) is 1.24. The minimum atomic E-state index is 0.0669. The van der Waals surface area contributed by atoms with Gasteiger partial charge >= 0.3 is 0 Å². The van der Waals surface area contributed by atoms with E-state index in [1.54, 1.807) is 0 Å². The van der Waals surface area contributed by atoms with Crippen LogP contribution in [0.5, 0.6) is 0 Å². The van der Waals surface area contributed by atoms with E-state index in [-0.39, 0.29) is 23.3 Å². The van der Waals surface area contributed by atoms with E-state index in [1.165, 1.54) is 32.1 Å². The number of rotatable bonds is 6. The molecule has 2 saturated carbocycles. The van der Waals surface area contributed by atoms with Gasteiger partial charge in [0.25, 0.3) is 0 Å². The second kappa shape index (κ2) is 9.47. The number of aliphatic imine (C=N–C) groups is 1. The molecule has 2 aliphatic carbocycles. The number of hydrogen-bond acceptors (Lipinski definition) is 3. The zero-order valence-corrected chi connectivity index (χ0v) is 18.3. The SMILES string of the molecule is CCN=C(NC1CCN(C(=O)C(C)C)C1)NC1CC(OCC)C12CCCCC2. The first kappa shape index (κ1) is 21.4. The van der Waals surface area contributed by atoms with Gasteiger partial charge in [-0.3, -0.25) is 9.79 Å². The zero-order chi connectivity index (χ0) is 20.1. The number of hydrogen-bond donors (Lipinski definition) is 2. The van der Waals surface area contributed by atoms with Crippen molar-refractivity contribution in [2.24, 2.45) is 16.3 Å². The van der Waals surface area contributed by atoms with Crippen LogP contribution in [0.25, 0.3) is 0 Å². The van der Waals surface area contributed by atoms with Crippen LogP contribution in [-0.2, 0) is 9.53 Å². The van der Waals surface area contributed by atoms with Crippen molar-refractivity contribution in [3.8, 4) is 0 Å². The molecule has 0 bridgehead atoms. The summed E-state index contributed by atoms with van der Waals surface area (Å²) in [7, 11) is 0. The average molecular weight is 393 g/mol. The van der Waals surface area contributed by atoms with Crippen molar-refractivity contribution in [1.82, 2.24) is 15.5 Å². The van der Waals surface area contributed by atoms with Gasteiger partial charge in [-0.05, 0) is 39.5 Å². The molecule has 3 fully saturated rings. The standard InChI is InChI=1S/C22H40N4O2/c1-5-23-21(24-17-10-13-26(15-17)20(27)16(3)4)25-18-14-19(28-6-2)22(18)11-8-7-9-12-22/h16-19H,5-15H2,1-4H3,(H2,23,24,25). The Morgan fingerprint density at radius 3 is 2.61 bits per heavy atom. The quantitative estimate of drug-likeness (QED) is 0.539. The zero-order valence-electron chi connectivity index (χ0n) is 18.3. The maximum atomic E-state index is 12.3. The monoisotopic (exact) mass is 392 g/mol. The van der Waals surface area contributed by atoms with Crippen molar-refractivity contribution in [3.05, 3.63) is 0 Å². The highest BCUT2D eigenvalue weighted by Gasteiger charge is 2.56. The topological polar surface area (TPSA) is 66.0 Å². The highest BCUT2D eigenvalue weighted by molar-refractivity contribution is 5.81. The van der Waals surface area contributed by atoms with E-state index in [4.69, 9.17) is 9.73 Å². The molecular formula is C22H40N4O2. The molecule has 3 aliphatic rings. The van der Waals surface area contributed by atoms with E-state index in [1.807, 2.05) is 18.7 Å². The number of nitrogens with zero attached hydrogens (tertiary/aromatic N) is 2. The third-order valence-electron chi connectivity index (χ3n) is 6.90. The first-order chi connectivity index (χ1) is 13.5. The van der Waals surface area contributed by atoms with Crippen LogP contribution in [0.2, 0.25) is 0 Å². The Labute approximate surface area is 170 Å². The van der Waals surface area contributed by atoms with Crippen LogP contribution < -0.4 is 10.6 Å². The summed E-state index contributed by atoms with van der Waals surface area (Å²) >= 11 is 0. The smallest absolute Gasteiger partial charge is 0.225 e. The largest absolute Gasteiger partial charge is 0.378 e. The highest BCUT2D eigenvalue weighted by Crippen LogP contribution is 2.53. The van der Waals surface area contributed by atoms with Gasteiger partial charge in [-0.1, -0.05) is 33.1 Å². The fourth-order valence-electron chi connectivity index (χ4n) is 5.36. The Kier molecular flexibility index (Phi) is 7.24. The van der Waals surface area contributed by atoms with Crippen molar-refractivity contribution < 1.29 is 9.53 Å². The molecule has 1 spiro atoms. The third kappa shape index (κ3) is 4.47. The summed E-state index contributed by atoms with van der Waals surface area (Å²) in [6.45, 7) is 11.3. The summed E-state index contributed by atoms with van der Waals surface area (Å²) in [5.41, 5.74) is 0.278. The Balaban J connectivity index is 1.59. The van der Waals surface area contributed by atoms with Gasteiger partial charge in [0.2, 0.25) is 5.91 Å². The highest BCUT2D eigenvalue weighted by atomic mass is 16.5. The van der Waals surface area contributed by atoms with Gasteiger partial charge < -0.3 is 20.3 Å². The second-order valence-corrected chi connectivity index (χ2v) is 9.06. The van der Waals surface area contributed by atoms with Gasteiger partial charge in [0.15, 0.2) is 5.96 Å². The molecule has 1 saturated heterocycles. The second-order valence-electron chi connectivity index (χ2n) is 9.06. The predicted octanol–water partition coefficient (Wildman–Crippen LogP) is 2.93. The Bertz CT molecular complexity index is 557. The molecule has 3 rings (SSSR count). The molecule has 0 aromatic carbocycles. The van der Waals surface area contributed by atoms with Crippen LogP contribution in [0.1, 0.15) is 72.6 Å². The summed E-state index contributed by atoms with van der Waals surface area (Å²) < 4.78 is 6.09. The van der Waals surface area contributed by atoms with Crippen molar-refractivity contribution in [3.63, 3.8) is 0 Å². The lowest BCUT2D eigenvalue weighted by molar-refractivity contribution is -0.145. The van der Waals surface area contributed by atoms with Gasteiger partial charge in [-0.2, -0.15) is 0 Å². The number of likely N-dealkylation sites (tertiary alicyclic amines) is 1. The van der Waals surface area contributed by atoms with E-state index in [2.05, 4.69) is 24.5 Å². The van der Waals surface area contributed by atoms with Gasteiger partial charge in [0.05, 0.1) is 6.10 Å². The number of carbonyl (C=O) groups is 1. The normalized spacial score (nSPS) is 29.8. The third-order valence-corrected chi connectivity index (χ3v) is 6.90. The Morgan fingerprint density at radius 2 is 1.96 bits per heavy atom. The Hall–Kier alpha value is -1.30. The minimum Gasteiger partial charge on any atom is -0.378 e. The number of ether oxygens (including phenoxy) is 1. The lowest BCUT2D eigenvalue weighted by atomic mass is 9.55. The molecule has 2 N–H and O–H groups in total. The first-order valence-electron chi connectivity index (χ1n) is 11.5. The number of nitrogens with one attached hydrogen (secondary N) is 2. The maximum absolute atomic E-state index is 12.3. The van der Waals surface area contributed by atoms with Crippen molar-refractivity contribution in [2.75, 3.05) is 26.2 Å². The fourth-order valence-corrected chi connectivity index (χ4v) is 5.36. The van der Waals surface area contributed by atoms with Crippen LogP contribution >= 0.6 is 0 Å². The molecule has 3 unspecified atom stereocenters. The van der Waals surface area contributed by atoms with Gasteiger partial charge in [0.1, 0.15) is 0 Å². The molecule has 160 valence electrons. The summed E-state index contributed by atoms with van der Waals surface area (Å²) in [6, 6.07) is 0.725. The fraction of sp³-hybridized carbons (Fsp3) is 0.909. The molecular weight excluding hydrogens is 352 g/mol. The molecule has 3 atom stereocenters. The van der Waals surface area contributed by atoms with Crippen LogP contribution in [0, 0.1) is 11.3 Å². The van der Waals surface area contributed by atoms with E-state index in [0.29, 0.717) is 12.1 Å². The molecule has 6 nitrogen and oxygen atoms in total. The van der Waals surface area contributed by atoms with Crippen molar-refractivity contribution in [1.29, 1.82) is 0 Å². The number of guanidine groups is 1. The molecule has 6 heteroatoms. The molecule has 28 heavy (non-hydrogen) atoms. The van der Waals surface area contributed by atoms with Crippen LogP contribution in [-0.4, -0.2) is 61.2 Å². The minimum absolute atomic E-state index is 0.0669. The first-order valence-corrected chi connectivity index (χ1v) is 11.5. The lowest BCUT2D eigenvalue weighted by Gasteiger charge is -2.58. The summed E-state index contributed by atoms with van der Waals surface area (Å²) in [6.07, 6.45) is 8.94. The molecule has 1 amide bonds. The molecule has 0 aromatic rings. The average Bonchev–Trinajstić information content (AvgIpc) is 3.15. The van der Waals surface area contributed by atoms with E-state index in [0.717, 1.165) is 45.0 Å². The number of carbonyl (C=O) groups excluding carboxylic acids is 1. The van der Waals surface area contributed by atoms with Gasteiger partial charge in [-0.15, -0.1) is 0 Å². The van der Waals surface area contributed by atoms with Crippen LogP contribution in [0.3, 0.4) is 0 Å². The van der Waals surface area contributed by atoms with Gasteiger partial charge in [0, 0.05) is 49.7 Å². The molecule has 1 aliphatic heterocycles. The van der Waals surface area contributed by atoms with Crippen LogP contribution in [0.4, 0.5) is 0 Å². The maximum Gasteiger partial charge on any atom is 0.225 e. The predicted molar refractivity (Wildman–Crippen MR) is 113 cm³/mol. The molecule has 0 aromatic heterocycles. The van der Waals surface area contributed by atoms with E-state index < -0.39 is 0 Å². The van der Waals surface area contributed by atoms with Gasteiger partial charge in [-0.25, -0.2) is 0 Å². The number of amides is 1. The summed E-state index contributed by atoms with van der Waals surface area (Å²) in [4.78, 5) is 19.0. The molecule has 0 radical (unpaired) electrons. The van der Waals surface area contributed by atoms with Crippen LogP contribution in [0.15, 0.2) is 4.99 Å². The van der Waals surface area contributed by atoms with E-state index in [9.17, 15) is 4.79 Å². The van der Waals surface area contributed by atoms with E-state index >= 15 is 0 Å². The summed E-state index contributed by atoms with van der Waals surface area (Å²) in [5, 5.41) is 7.37. The van der Waals surface area contributed by atoms with Crippen molar-refractivity contribution in [2.45, 2.75) is 90.8 Å². The molecule has 1 heterocycles. The lowest BCUT2D eigenvalue weighted by Crippen LogP contribution is -2.67. The van der Waals surface area contributed by atoms with Crippen molar-refractivity contribution >= 4 is 11.9 Å². The Morgan fingerprint density at radius 1 is 1.21 bits per heavy atom.